The van der Waals surface area contributed by atoms with Crippen LogP contribution in [0.5, 0.6) is 5.88 Å². The van der Waals surface area contributed by atoms with Crippen molar-refractivity contribution in [2.24, 2.45) is 0 Å². The third-order valence-electron chi connectivity index (χ3n) is 4.58. The average molecular weight is 369 g/mol. The van der Waals surface area contributed by atoms with Gasteiger partial charge in [0.05, 0.1) is 6.61 Å². The Bertz CT molecular complexity index is 772. The summed E-state index contributed by atoms with van der Waals surface area (Å²) in [5, 5.41) is 3.06. The molecule has 3 rings (SSSR count). The molecule has 1 N–H and O–H groups in total. The van der Waals surface area contributed by atoms with Crippen LogP contribution in [-0.4, -0.2) is 53.7 Å². The van der Waals surface area contributed by atoms with Gasteiger partial charge < -0.3 is 19.9 Å². The average Bonchev–Trinajstić information content (AvgIpc) is 2.69. The molecule has 2 amide bonds. The Balaban J connectivity index is 1.59. The SMILES string of the molecule is CCOc1ccnc(N2CCN(C(=O)Nc3ccccc3C(C)C)CC2)n1. The maximum Gasteiger partial charge on any atom is 0.321 e. The molecule has 0 bridgehead atoms. The van der Waals surface area contributed by atoms with E-state index >= 15 is 0 Å². The molecule has 1 aliphatic rings. The molecule has 1 fully saturated rings. The number of hydrogen-bond donors (Lipinski definition) is 1. The Hall–Kier alpha value is -2.83. The fraction of sp³-hybridized carbons (Fsp3) is 0.450. The molecule has 144 valence electrons. The maximum absolute atomic E-state index is 12.7. The highest BCUT2D eigenvalue weighted by Gasteiger charge is 2.23. The van der Waals surface area contributed by atoms with Gasteiger partial charge in [0.15, 0.2) is 0 Å². The number of piperazine rings is 1. The van der Waals surface area contributed by atoms with Crippen LogP contribution in [0.25, 0.3) is 0 Å². The van der Waals surface area contributed by atoms with Gasteiger partial charge in [0.25, 0.3) is 0 Å². The zero-order valence-corrected chi connectivity index (χ0v) is 16.2. The quantitative estimate of drug-likeness (QED) is 0.875. The number of ether oxygens (including phenoxy) is 1. The van der Waals surface area contributed by atoms with Gasteiger partial charge in [0.1, 0.15) is 0 Å². The Labute approximate surface area is 160 Å². The molecule has 0 radical (unpaired) electrons. The maximum atomic E-state index is 12.7. The highest BCUT2D eigenvalue weighted by Crippen LogP contribution is 2.24. The van der Waals surface area contributed by atoms with Gasteiger partial charge in [-0.2, -0.15) is 4.98 Å². The third kappa shape index (κ3) is 4.67. The van der Waals surface area contributed by atoms with Crippen molar-refractivity contribution >= 4 is 17.7 Å². The van der Waals surface area contributed by atoms with Gasteiger partial charge in [0, 0.05) is 44.1 Å². The zero-order chi connectivity index (χ0) is 19.2. The number of nitrogens with zero attached hydrogens (tertiary/aromatic N) is 4. The van der Waals surface area contributed by atoms with Gasteiger partial charge in [-0.05, 0) is 24.5 Å². The van der Waals surface area contributed by atoms with Gasteiger partial charge in [-0.15, -0.1) is 0 Å². The Morgan fingerprint density at radius 3 is 2.63 bits per heavy atom. The number of amides is 2. The van der Waals surface area contributed by atoms with Crippen molar-refractivity contribution in [3.05, 3.63) is 42.1 Å². The van der Waals surface area contributed by atoms with Crippen LogP contribution in [0.2, 0.25) is 0 Å². The fourth-order valence-corrected chi connectivity index (χ4v) is 3.13. The lowest BCUT2D eigenvalue weighted by Crippen LogP contribution is -2.50. The lowest BCUT2D eigenvalue weighted by molar-refractivity contribution is 0.208. The molecule has 0 spiro atoms. The highest BCUT2D eigenvalue weighted by atomic mass is 16.5. The Kier molecular flexibility index (Phi) is 6.11. The van der Waals surface area contributed by atoms with Crippen LogP contribution in [-0.2, 0) is 0 Å². The van der Waals surface area contributed by atoms with E-state index in [4.69, 9.17) is 4.74 Å². The second kappa shape index (κ2) is 8.70. The lowest BCUT2D eigenvalue weighted by Gasteiger charge is -2.34. The smallest absolute Gasteiger partial charge is 0.321 e. The normalized spacial score (nSPS) is 14.4. The monoisotopic (exact) mass is 369 g/mol. The Morgan fingerprint density at radius 2 is 1.93 bits per heavy atom. The van der Waals surface area contributed by atoms with Gasteiger partial charge >= 0.3 is 6.03 Å². The summed E-state index contributed by atoms with van der Waals surface area (Å²) >= 11 is 0. The van der Waals surface area contributed by atoms with E-state index in [9.17, 15) is 4.79 Å². The summed E-state index contributed by atoms with van der Waals surface area (Å²) in [6.45, 7) is 9.37. The number of carbonyl (C=O) groups is 1. The van der Waals surface area contributed by atoms with Gasteiger partial charge in [-0.1, -0.05) is 32.0 Å². The molecule has 1 aromatic heterocycles. The molecule has 7 nitrogen and oxygen atoms in total. The van der Waals surface area contributed by atoms with Crippen LogP contribution in [0.1, 0.15) is 32.3 Å². The molecule has 1 saturated heterocycles. The number of urea groups is 1. The largest absolute Gasteiger partial charge is 0.478 e. The molecule has 27 heavy (non-hydrogen) atoms. The number of rotatable bonds is 5. The summed E-state index contributed by atoms with van der Waals surface area (Å²) in [4.78, 5) is 25.3. The van der Waals surface area contributed by atoms with E-state index in [1.54, 1.807) is 12.3 Å². The molecule has 0 saturated carbocycles. The van der Waals surface area contributed by atoms with Crippen molar-refractivity contribution in [3.8, 4) is 5.88 Å². The summed E-state index contributed by atoms with van der Waals surface area (Å²) in [6.07, 6.45) is 1.70. The molecule has 2 heterocycles. The lowest BCUT2D eigenvalue weighted by atomic mass is 10.0. The topological polar surface area (TPSA) is 70.6 Å². The van der Waals surface area contributed by atoms with E-state index in [2.05, 4.69) is 40.1 Å². The number of aromatic nitrogens is 2. The van der Waals surface area contributed by atoms with Crippen molar-refractivity contribution in [1.82, 2.24) is 14.9 Å². The first-order chi connectivity index (χ1) is 13.1. The van der Waals surface area contributed by atoms with E-state index in [-0.39, 0.29) is 6.03 Å². The zero-order valence-electron chi connectivity index (χ0n) is 16.2. The Morgan fingerprint density at radius 1 is 1.19 bits per heavy atom. The van der Waals surface area contributed by atoms with E-state index in [1.165, 1.54) is 0 Å². The molecular weight excluding hydrogens is 342 g/mol. The molecule has 0 unspecified atom stereocenters. The van der Waals surface area contributed by atoms with E-state index in [0.29, 0.717) is 50.5 Å². The first-order valence-corrected chi connectivity index (χ1v) is 9.44. The number of hydrogen-bond acceptors (Lipinski definition) is 5. The molecule has 1 aliphatic heterocycles. The molecule has 0 aliphatic carbocycles. The van der Waals surface area contributed by atoms with Crippen molar-refractivity contribution in [3.63, 3.8) is 0 Å². The standard InChI is InChI=1S/C20H27N5O2/c1-4-27-18-9-10-21-19(23-18)24-11-13-25(14-12-24)20(26)22-17-8-6-5-7-16(17)15(2)3/h5-10,15H,4,11-14H2,1-3H3,(H,22,26). The number of carbonyl (C=O) groups excluding carboxylic acids is 1. The number of benzene rings is 1. The number of anilines is 2. The van der Waals surface area contributed by atoms with Crippen LogP contribution in [0.4, 0.5) is 16.4 Å². The first kappa shape index (κ1) is 18.9. The van der Waals surface area contributed by atoms with Gasteiger partial charge in [-0.25, -0.2) is 9.78 Å². The molecule has 7 heteroatoms. The summed E-state index contributed by atoms with van der Waals surface area (Å²) in [5.74, 6) is 1.58. The van der Waals surface area contributed by atoms with Crippen LogP contribution in [0, 0.1) is 0 Å². The summed E-state index contributed by atoms with van der Waals surface area (Å²) in [7, 11) is 0. The summed E-state index contributed by atoms with van der Waals surface area (Å²) in [6, 6.07) is 9.65. The number of para-hydroxylation sites is 1. The third-order valence-corrected chi connectivity index (χ3v) is 4.58. The predicted molar refractivity (Wildman–Crippen MR) is 107 cm³/mol. The molecule has 2 aromatic rings. The highest BCUT2D eigenvalue weighted by molar-refractivity contribution is 5.90. The number of nitrogens with one attached hydrogen (secondary N) is 1. The summed E-state index contributed by atoms with van der Waals surface area (Å²) < 4.78 is 5.44. The predicted octanol–water partition coefficient (Wildman–Crippen LogP) is 3.35. The molecular formula is C20H27N5O2. The van der Waals surface area contributed by atoms with Crippen molar-refractivity contribution in [2.45, 2.75) is 26.7 Å². The van der Waals surface area contributed by atoms with E-state index < -0.39 is 0 Å². The second-order valence-electron chi connectivity index (χ2n) is 6.77. The van der Waals surface area contributed by atoms with Gasteiger partial charge in [-0.3, -0.25) is 0 Å². The minimum atomic E-state index is -0.0632. The minimum absolute atomic E-state index is 0.0632. The van der Waals surface area contributed by atoms with Gasteiger partial charge in [0.2, 0.25) is 11.8 Å². The van der Waals surface area contributed by atoms with Crippen LogP contribution in [0.3, 0.4) is 0 Å². The second-order valence-corrected chi connectivity index (χ2v) is 6.77. The van der Waals surface area contributed by atoms with Crippen molar-refractivity contribution in [2.75, 3.05) is 43.0 Å². The van der Waals surface area contributed by atoms with Crippen LogP contribution >= 0.6 is 0 Å². The molecule has 1 aromatic carbocycles. The van der Waals surface area contributed by atoms with Crippen molar-refractivity contribution in [1.29, 1.82) is 0 Å². The van der Waals surface area contributed by atoms with E-state index in [1.807, 2.05) is 30.0 Å². The first-order valence-electron chi connectivity index (χ1n) is 9.44. The van der Waals surface area contributed by atoms with Crippen molar-refractivity contribution < 1.29 is 9.53 Å². The fourth-order valence-electron chi connectivity index (χ4n) is 3.13. The minimum Gasteiger partial charge on any atom is -0.478 e. The van der Waals surface area contributed by atoms with Crippen LogP contribution < -0.4 is 15.0 Å². The molecule has 0 atom stereocenters. The van der Waals surface area contributed by atoms with E-state index in [0.717, 1.165) is 11.3 Å². The van der Waals surface area contributed by atoms with Crippen LogP contribution in [0.15, 0.2) is 36.5 Å². The summed E-state index contributed by atoms with van der Waals surface area (Å²) in [5.41, 5.74) is 2.03.